The Morgan fingerprint density at radius 1 is 1.55 bits per heavy atom. The fourth-order valence-corrected chi connectivity index (χ4v) is 2.99. The molecule has 5 nitrogen and oxygen atoms in total. The zero-order valence-electron chi connectivity index (χ0n) is 11.0. The fourth-order valence-electron chi connectivity index (χ4n) is 1.95. The third-order valence-corrected chi connectivity index (χ3v) is 3.90. The van der Waals surface area contributed by atoms with Gasteiger partial charge >= 0.3 is 5.97 Å². The van der Waals surface area contributed by atoms with E-state index in [4.69, 9.17) is 4.74 Å². The molecule has 1 aromatic rings. The van der Waals surface area contributed by atoms with Gasteiger partial charge in [0.1, 0.15) is 11.7 Å². The smallest absolute Gasteiger partial charge is 0.329 e. The number of thioether (sulfide) groups is 1. The summed E-state index contributed by atoms with van der Waals surface area (Å²) in [5.74, 6) is -0.362. The van der Waals surface area contributed by atoms with E-state index in [0.717, 1.165) is 5.75 Å². The molecule has 1 aliphatic rings. The number of halogens is 1. The Hall–Kier alpha value is -1.63. The topological polar surface area (TPSA) is 59.5 Å². The van der Waals surface area contributed by atoms with E-state index < -0.39 is 23.9 Å². The quantitative estimate of drug-likeness (QED) is 0.622. The van der Waals surface area contributed by atoms with Crippen LogP contribution in [0.15, 0.2) is 18.2 Å². The number of ether oxygens (including phenoxy) is 1. The first-order chi connectivity index (χ1) is 9.63. The normalized spacial score (nSPS) is 18.7. The summed E-state index contributed by atoms with van der Waals surface area (Å²) in [6, 6.07) is 3.40. The molecule has 2 rings (SSSR count). The molecule has 7 heteroatoms. The van der Waals surface area contributed by atoms with Gasteiger partial charge in [-0.05, 0) is 19.1 Å². The van der Waals surface area contributed by atoms with Crippen LogP contribution in [0, 0.1) is 5.95 Å². The van der Waals surface area contributed by atoms with E-state index >= 15 is 0 Å². The second-order valence-corrected chi connectivity index (χ2v) is 5.34. The molecule has 0 N–H and O–H groups in total. The van der Waals surface area contributed by atoms with Crippen LogP contribution in [-0.2, 0) is 9.53 Å². The van der Waals surface area contributed by atoms with Crippen LogP contribution in [0.1, 0.15) is 17.4 Å². The Morgan fingerprint density at radius 3 is 3.05 bits per heavy atom. The summed E-state index contributed by atoms with van der Waals surface area (Å²) >= 11 is 1.59. The molecular weight excluding hydrogens is 283 g/mol. The van der Waals surface area contributed by atoms with Crippen molar-refractivity contribution in [3.63, 3.8) is 0 Å². The monoisotopic (exact) mass is 298 g/mol. The summed E-state index contributed by atoms with van der Waals surface area (Å²) in [4.78, 5) is 29.2. The van der Waals surface area contributed by atoms with Crippen LogP contribution >= 0.6 is 11.8 Å². The van der Waals surface area contributed by atoms with Gasteiger partial charge in [-0.2, -0.15) is 16.2 Å². The van der Waals surface area contributed by atoms with Crippen molar-refractivity contribution in [3.05, 3.63) is 29.8 Å². The van der Waals surface area contributed by atoms with Crippen molar-refractivity contribution in [1.82, 2.24) is 9.88 Å². The van der Waals surface area contributed by atoms with Crippen molar-refractivity contribution in [1.29, 1.82) is 0 Å². The minimum Gasteiger partial charge on any atom is -0.464 e. The number of hydrogen-bond acceptors (Lipinski definition) is 5. The van der Waals surface area contributed by atoms with Crippen molar-refractivity contribution >= 4 is 23.6 Å². The maximum atomic E-state index is 13.1. The molecule has 0 spiro atoms. The van der Waals surface area contributed by atoms with Gasteiger partial charge < -0.3 is 9.64 Å². The van der Waals surface area contributed by atoms with Crippen molar-refractivity contribution in [2.24, 2.45) is 0 Å². The Bertz CT molecular complexity index is 512. The van der Waals surface area contributed by atoms with Crippen molar-refractivity contribution in [2.45, 2.75) is 13.0 Å². The van der Waals surface area contributed by atoms with E-state index in [0.29, 0.717) is 12.3 Å². The predicted octanol–water partition coefficient (Wildman–Crippen LogP) is 1.34. The standard InChI is InChI=1S/C13H15FN2O3S/c1-2-19-13(18)10-8-20-7-6-16(10)12(17)9-4-3-5-11(14)15-9/h3-5,10H,2,6-8H2,1H3. The SMILES string of the molecule is CCOC(=O)C1CSCCN1C(=O)c1cccc(F)n1. The van der Waals surface area contributed by atoms with Crippen molar-refractivity contribution in [3.8, 4) is 0 Å². The zero-order chi connectivity index (χ0) is 14.5. The number of hydrogen-bond donors (Lipinski definition) is 0. The fraction of sp³-hybridized carbons (Fsp3) is 0.462. The molecule has 2 heterocycles. The van der Waals surface area contributed by atoms with Gasteiger partial charge in [0.15, 0.2) is 0 Å². The van der Waals surface area contributed by atoms with Crippen molar-refractivity contribution in [2.75, 3.05) is 24.7 Å². The van der Waals surface area contributed by atoms with Crippen LogP contribution in [0.25, 0.3) is 0 Å². The van der Waals surface area contributed by atoms with Gasteiger partial charge in [-0.3, -0.25) is 4.79 Å². The number of amides is 1. The number of carbonyl (C=O) groups excluding carboxylic acids is 2. The number of rotatable bonds is 3. The highest BCUT2D eigenvalue weighted by Crippen LogP contribution is 2.19. The summed E-state index contributed by atoms with van der Waals surface area (Å²) in [7, 11) is 0. The highest BCUT2D eigenvalue weighted by Gasteiger charge is 2.34. The third-order valence-electron chi connectivity index (χ3n) is 2.88. The van der Waals surface area contributed by atoms with Crippen LogP contribution in [0.2, 0.25) is 0 Å². The molecule has 1 amide bonds. The van der Waals surface area contributed by atoms with Crippen LogP contribution < -0.4 is 0 Å². The molecule has 0 aromatic carbocycles. The Kier molecular flexibility index (Phi) is 4.94. The lowest BCUT2D eigenvalue weighted by Gasteiger charge is -2.33. The Balaban J connectivity index is 2.19. The Morgan fingerprint density at radius 2 is 2.35 bits per heavy atom. The lowest BCUT2D eigenvalue weighted by atomic mass is 10.2. The number of carbonyl (C=O) groups is 2. The van der Waals surface area contributed by atoms with E-state index in [2.05, 4.69) is 4.98 Å². The summed E-state index contributed by atoms with van der Waals surface area (Å²) in [6.07, 6.45) is 0. The molecule has 1 fully saturated rings. The highest BCUT2D eigenvalue weighted by atomic mass is 32.2. The number of esters is 1. The van der Waals surface area contributed by atoms with E-state index in [-0.39, 0.29) is 12.3 Å². The lowest BCUT2D eigenvalue weighted by molar-refractivity contribution is -0.147. The van der Waals surface area contributed by atoms with Crippen LogP contribution in [0.4, 0.5) is 4.39 Å². The molecule has 0 saturated carbocycles. The molecule has 1 aliphatic heterocycles. The molecule has 0 aliphatic carbocycles. The summed E-state index contributed by atoms with van der Waals surface area (Å²) in [5, 5.41) is 0. The van der Waals surface area contributed by atoms with Gasteiger partial charge in [-0.15, -0.1) is 0 Å². The van der Waals surface area contributed by atoms with E-state index in [9.17, 15) is 14.0 Å². The van der Waals surface area contributed by atoms with E-state index in [1.807, 2.05) is 0 Å². The van der Waals surface area contributed by atoms with Gasteiger partial charge in [-0.25, -0.2) is 9.78 Å². The molecular formula is C13H15FN2O3S. The summed E-state index contributed by atoms with van der Waals surface area (Å²) < 4.78 is 18.1. The number of pyridine rings is 1. The van der Waals surface area contributed by atoms with E-state index in [1.54, 1.807) is 18.7 Å². The molecule has 1 unspecified atom stereocenters. The van der Waals surface area contributed by atoms with Gasteiger partial charge in [0, 0.05) is 18.1 Å². The molecule has 1 atom stereocenters. The largest absolute Gasteiger partial charge is 0.464 e. The van der Waals surface area contributed by atoms with Crippen LogP contribution in [-0.4, -0.2) is 52.5 Å². The van der Waals surface area contributed by atoms with Gasteiger partial charge in [0.25, 0.3) is 5.91 Å². The summed E-state index contributed by atoms with van der Waals surface area (Å²) in [6.45, 7) is 2.40. The van der Waals surface area contributed by atoms with Gasteiger partial charge in [-0.1, -0.05) is 6.07 Å². The van der Waals surface area contributed by atoms with Gasteiger partial charge in [0.2, 0.25) is 5.95 Å². The molecule has 20 heavy (non-hydrogen) atoms. The van der Waals surface area contributed by atoms with Gasteiger partial charge in [0.05, 0.1) is 6.61 Å². The average molecular weight is 298 g/mol. The minimum absolute atomic E-state index is 0.00574. The van der Waals surface area contributed by atoms with E-state index in [1.165, 1.54) is 23.1 Å². The number of nitrogens with zero attached hydrogens (tertiary/aromatic N) is 2. The van der Waals surface area contributed by atoms with Crippen LogP contribution in [0.3, 0.4) is 0 Å². The minimum atomic E-state index is -0.713. The second kappa shape index (κ2) is 6.69. The lowest BCUT2D eigenvalue weighted by Crippen LogP contribution is -2.51. The molecule has 0 bridgehead atoms. The first kappa shape index (κ1) is 14.8. The first-order valence-corrected chi connectivity index (χ1v) is 7.47. The summed E-state index contributed by atoms with van der Waals surface area (Å²) in [5.41, 5.74) is 0.00574. The molecule has 1 saturated heterocycles. The molecule has 1 aromatic heterocycles. The molecule has 108 valence electrons. The first-order valence-electron chi connectivity index (χ1n) is 6.31. The second-order valence-electron chi connectivity index (χ2n) is 4.19. The van der Waals surface area contributed by atoms with Crippen molar-refractivity contribution < 1.29 is 18.7 Å². The maximum Gasteiger partial charge on any atom is 0.329 e. The molecule has 0 radical (unpaired) electrons. The maximum absolute atomic E-state index is 13.1. The van der Waals surface area contributed by atoms with Crippen LogP contribution in [0.5, 0.6) is 0 Å². The zero-order valence-corrected chi connectivity index (χ0v) is 11.9. The average Bonchev–Trinajstić information content (AvgIpc) is 2.47. The number of aromatic nitrogens is 1. The predicted molar refractivity (Wildman–Crippen MR) is 73.0 cm³/mol. The Labute approximate surface area is 120 Å². The third kappa shape index (κ3) is 3.27. The highest BCUT2D eigenvalue weighted by molar-refractivity contribution is 7.99.